The number of para-hydroxylation sites is 1. The molecule has 0 unspecified atom stereocenters. The van der Waals surface area contributed by atoms with E-state index in [0.717, 1.165) is 11.3 Å². The summed E-state index contributed by atoms with van der Waals surface area (Å²) >= 11 is 1.10. The highest BCUT2D eigenvalue weighted by Gasteiger charge is 2.18. The number of ether oxygens (including phenoxy) is 2. The number of hydrogen-bond acceptors (Lipinski definition) is 8. The zero-order chi connectivity index (χ0) is 23.8. The number of nitrogens with one attached hydrogen (secondary N) is 1. The van der Waals surface area contributed by atoms with Gasteiger partial charge in [0.1, 0.15) is 4.88 Å². The molecule has 0 aliphatic rings. The molecule has 3 rings (SSSR count). The highest BCUT2D eigenvalue weighted by atomic mass is 32.1. The lowest BCUT2D eigenvalue weighted by Crippen LogP contribution is -2.27. The predicted molar refractivity (Wildman–Crippen MR) is 122 cm³/mol. The summed E-state index contributed by atoms with van der Waals surface area (Å²) < 4.78 is 23.5. The van der Waals surface area contributed by atoms with Gasteiger partial charge in [0.15, 0.2) is 16.7 Å². The minimum atomic E-state index is -0.705. The van der Waals surface area contributed by atoms with E-state index in [1.807, 2.05) is 11.8 Å². The van der Waals surface area contributed by atoms with E-state index in [0.29, 0.717) is 29.5 Å². The average molecular weight is 472 g/mol. The second-order valence-electron chi connectivity index (χ2n) is 6.78. The minimum Gasteiger partial charge on any atom is -0.465 e. The van der Waals surface area contributed by atoms with Crippen molar-refractivity contribution < 1.29 is 28.2 Å². The summed E-state index contributed by atoms with van der Waals surface area (Å²) in [6, 6.07) is 12.1. The highest BCUT2D eigenvalue weighted by Crippen LogP contribution is 2.25. The smallest absolute Gasteiger partial charge is 0.355 e. The normalized spacial score (nSPS) is 10.4. The molecule has 0 aliphatic heterocycles. The van der Waals surface area contributed by atoms with Crippen molar-refractivity contribution in [1.29, 1.82) is 0 Å². The number of esters is 2. The van der Waals surface area contributed by atoms with Gasteiger partial charge >= 0.3 is 11.9 Å². The number of thiazole rings is 1. The summed E-state index contributed by atoms with van der Waals surface area (Å²) in [6.07, 6.45) is 1.52. The molecule has 1 aromatic heterocycles. The molecule has 3 aromatic rings. The van der Waals surface area contributed by atoms with Crippen molar-refractivity contribution in [2.45, 2.75) is 13.3 Å². The molecule has 1 N–H and O–H groups in total. The largest absolute Gasteiger partial charge is 0.465 e. The van der Waals surface area contributed by atoms with Crippen LogP contribution in [0.1, 0.15) is 33.4 Å². The summed E-state index contributed by atoms with van der Waals surface area (Å²) in [6.45, 7) is 2.81. The van der Waals surface area contributed by atoms with E-state index in [2.05, 4.69) is 15.0 Å². The van der Waals surface area contributed by atoms with Crippen molar-refractivity contribution in [1.82, 2.24) is 4.98 Å². The Balaban J connectivity index is 1.57. The quantitative estimate of drug-likeness (QED) is 0.370. The van der Waals surface area contributed by atoms with Gasteiger partial charge in [-0.15, -0.1) is 0 Å². The second-order valence-corrected chi connectivity index (χ2v) is 7.79. The maximum Gasteiger partial charge on any atom is 0.355 e. The third-order valence-electron chi connectivity index (χ3n) is 4.56. The van der Waals surface area contributed by atoms with Crippen molar-refractivity contribution in [3.63, 3.8) is 0 Å². The van der Waals surface area contributed by atoms with Crippen LogP contribution < -0.4 is 15.0 Å². The molecule has 172 valence electrons. The Morgan fingerprint density at radius 1 is 1.12 bits per heavy atom. The van der Waals surface area contributed by atoms with Crippen LogP contribution in [0, 0.1) is 5.82 Å². The van der Waals surface area contributed by atoms with Gasteiger partial charge < -0.3 is 19.7 Å². The summed E-state index contributed by atoms with van der Waals surface area (Å²) in [4.78, 5) is 42.6. The van der Waals surface area contributed by atoms with Gasteiger partial charge in [0, 0.05) is 25.2 Å². The maximum atomic E-state index is 13.7. The molecule has 2 aromatic carbocycles. The lowest BCUT2D eigenvalue weighted by Gasteiger charge is -2.19. The number of benzene rings is 2. The molecule has 0 aliphatic carbocycles. The molecule has 8 nitrogen and oxygen atoms in total. The van der Waals surface area contributed by atoms with Crippen molar-refractivity contribution in [3.05, 3.63) is 71.0 Å². The third-order valence-corrected chi connectivity index (χ3v) is 5.60. The molecular weight excluding hydrogens is 449 g/mol. The van der Waals surface area contributed by atoms with E-state index in [9.17, 15) is 18.8 Å². The minimum absolute atomic E-state index is 0.155. The molecule has 0 saturated heterocycles. The molecule has 0 fully saturated rings. The molecule has 0 saturated carbocycles. The van der Waals surface area contributed by atoms with Crippen LogP contribution in [-0.4, -0.2) is 43.0 Å². The van der Waals surface area contributed by atoms with Crippen LogP contribution in [0.15, 0.2) is 54.7 Å². The van der Waals surface area contributed by atoms with E-state index >= 15 is 0 Å². The fraction of sp³-hybridized carbons (Fsp3) is 0.217. The van der Waals surface area contributed by atoms with E-state index in [1.165, 1.54) is 37.6 Å². The molecule has 10 heteroatoms. The topological polar surface area (TPSA) is 97.8 Å². The first kappa shape index (κ1) is 23.9. The van der Waals surface area contributed by atoms with Gasteiger partial charge in [-0.05, 0) is 37.3 Å². The number of anilines is 2. The Morgan fingerprint density at radius 3 is 2.64 bits per heavy atom. The molecular formula is C23H22FN3O5S. The first-order valence-electron chi connectivity index (χ1n) is 10.1. The number of rotatable bonds is 9. The summed E-state index contributed by atoms with van der Waals surface area (Å²) in [5.74, 6) is -2.22. The number of amides is 1. The number of carbonyl (C=O) groups is 3. The fourth-order valence-corrected chi connectivity index (χ4v) is 3.76. The zero-order valence-electron chi connectivity index (χ0n) is 18.0. The van der Waals surface area contributed by atoms with Crippen LogP contribution in [0.5, 0.6) is 5.75 Å². The monoisotopic (exact) mass is 471 g/mol. The maximum absolute atomic E-state index is 13.7. The molecule has 0 radical (unpaired) electrons. The number of hydrogen-bond donors (Lipinski definition) is 1. The SMILES string of the molecule is CCN(CCC(=O)Nc1cccc(C(=O)OC)c1)c1ncc(C(=O)Oc2ccccc2F)s1. The van der Waals surface area contributed by atoms with Crippen molar-refractivity contribution in [2.75, 3.05) is 30.4 Å². The summed E-state index contributed by atoms with van der Waals surface area (Å²) in [5.41, 5.74) is 0.821. The number of halogens is 1. The molecule has 1 heterocycles. The average Bonchev–Trinajstić information content (AvgIpc) is 3.31. The Bertz CT molecular complexity index is 1150. The summed E-state index contributed by atoms with van der Waals surface area (Å²) in [5, 5.41) is 3.29. The van der Waals surface area contributed by atoms with Gasteiger partial charge in [-0.2, -0.15) is 0 Å². The predicted octanol–water partition coefficient (Wildman–Crippen LogP) is 4.14. The Labute approximate surface area is 194 Å². The van der Waals surface area contributed by atoms with Gasteiger partial charge in [0.25, 0.3) is 0 Å². The summed E-state index contributed by atoms with van der Waals surface area (Å²) in [7, 11) is 1.29. The van der Waals surface area contributed by atoms with Crippen LogP contribution in [0.25, 0.3) is 0 Å². The number of methoxy groups -OCH3 is 1. The van der Waals surface area contributed by atoms with E-state index in [4.69, 9.17) is 4.74 Å². The van der Waals surface area contributed by atoms with E-state index < -0.39 is 17.8 Å². The van der Waals surface area contributed by atoms with Gasteiger partial charge in [0.05, 0.1) is 18.9 Å². The van der Waals surface area contributed by atoms with Crippen molar-refractivity contribution >= 4 is 40.0 Å². The van der Waals surface area contributed by atoms with Gasteiger partial charge in [-0.1, -0.05) is 29.5 Å². The molecule has 0 spiro atoms. The third kappa shape index (κ3) is 6.36. The Hall–Kier alpha value is -3.79. The van der Waals surface area contributed by atoms with Crippen LogP contribution in [-0.2, 0) is 9.53 Å². The number of carbonyl (C=O) groups excluding carboxylic acids is 3. The van der Waals surface area contributed by atoms with Crippen molar-refractivity contribution in [3.8, 4) is 5.75 Å². The van der Waals surface area contributed by atoms with Crippen molar-refractivity contribution in [2.24, 2.45) is 0 Å². The molecule has 0 atom stereocenters. The second kappa shape index (κ2) is 11.2. The standard InChI is InChI=1S/C23H22FN3O5S/c1-3-27(12-11-20(28)26-16-8-6-7-15(13-16)21(29)31-2)23-25-14-19(33-23)22(30)32-18-10-5-4-9-17(18)24/h4-10,13-14H,3,11-12H2,1-2H3,(H,26,28). The van der Waals surface area contributed by atoms with Crippen LogP contribution in [0.4, 0.5) is 15.2 Å². The highest BCUT2D eigenvalue weighted by molar-refractivity contribution is 7.17. The van der Waals surface area contributed by atoms with E-state index in [1.54, 1.807) is 24.3 Å². The molecule has 33 heavy (non-hydrogen) atoms. The lowest BCUT2D eigenvalue weighted by molar-refractivity contribution is -0.116. The Kier molecular flexibility index (Phi) is 8.09. The van der Waals surface area contributed by atoms with Gasteiger partial charge in [-0.25, -0.2) is 19.0 Å². The lowest BCUT2D eigenvalue weighted by atomic mass is 10.2. The first-order chi connectivity index (χ1) is 15.9. The first-order valence-corrected chi connectivity index (χ1v) is 10.9. The van der Waals surface area contributed by atoms with Crippen LogP contribution >= 0.6 is 11.3 Å². The Morgan fingerprint density at radius 2 is 1.91 bits per heavy atom. The van der Waals surface area contributed by atoms with Gasteiger partial charge in [0.2, 0.25) is 5.91 Å². The van der Waals surface area contributed by atoms with Crippen LogP contribution in [0.3, 0.4) is 0 Å². The van der Waals surface area contributed by atoms with Gasteiger partial charge in [-0.3, -0.25) is 4.79 Å². The molecule has 0 bridgehead atoms. The number of nitrogens with zero attached hydrogens (tertiary/aromatic N) is 2. The zero-order valence-corrected chi connectivity index (χ0v) is 18.9. The molecule has 1 amide bonds. The van der Waals surface area contributed by atoms with E-state index in [-0.39, 0.29) is 23.0 Å². The van der Waals surface area contributed by atoms with Crippen LogP contribution in [0.2, 0.25) is 0 Å². The fourth-order valence-electron chi connectivity index (χ4n) is 2.87. The number of aromatic nitrogens is 1.